The van der Waals surface area contributed by atoms with Crippen molar-refractivity contribution in [3.8, 4) is 0 Å². The van der Waals surface area contributed by atoms with Crippen LogP contribution in [0.2, 0.25) is 0 Å². The highest BCUT2D eigenvalue weighted by Gasteiger charge is 2.13. The Morgan fingerprint density at radius 2 is 1.69 bits per heavy atom. The van der Waals surface area contributed by atoms with Gasteiger partial charge in [0.1, 0.15) is 0 Å². The van der Waals surface area contributed by atoms with E-state index in [9.17, 15) is 9.59 Å². The molecule has 3 rings (SSSR count). The Balaban J connectivity index is 1.72. The van der Waals surface area contributed by atoms with E-state index >= 15 is 0 Å². The summed E-state index contributed by atoms with van der Waals surface area (Å²) in [7, 11) is 0. The molecule has 0 saturated heterocycles. The van der Waals surface area contributed by atoms with E-state index in [0.29, 0.717) is 22.8 Å². The molecule has 0 aliphatic rings. The maximum atomic E-state index is 12.4. The minimum atomic E-state index is -0.423. The Morgan fingerprint density at radius 3 is 2.34 bits per heavy atom. The number of anilines is 3. The van der Waals surface area contributed by atoms with Crippen molar-refractivity contribution >= 4 is 29.1 Å². The summed E-state index contributed by atoms with van der Waals surface area (Å²) in [5.74, 6) is -0.362. The molecule has 0 aliphatic carbocycles. The molecule has 1 amide bonds. The number of carbonyl (C=O) groups is 2. The second-order valence-corrected chi connectivity index (χ2v) is 6.53. The van der Waals surface area contributed by atoms with E-state index in [1.165, 1.54) is 0 Å². The molecule has 2 aromatic carbocycles. The van der Waals surface area contributed by atoms with E-state index in [1.54, 1.807) is 43.3 Å². The summed E-state index contributed by atoms with van der Waals surface area (Å²) in [5, 5.41) is 13.9. The third kappa shape index (κ3) is 5.16. The minimum absolute atomic E-state index is 0.188. The van der Waals surface area contributed by atoms with Crippen molar-refractivity contribution in [2.75, 3.05) is 17.2 Å². The molecule has 7 nitrogen and oxygen atoms in total. The van der Waals surface area contributed by atoms with Crippen molar-refractivity contribution in [3.05, 3.63) is 77.0 Å². The maximum Gasteiger partial charge on any atom is 0.340 e. The standard InChI is InChI=1S/C22H22N4O3/c1-4-29-22(28)17-7-5-6-8-18(17)24-20-10-9-19(25-26-20)21(27)23-16-12-14(2)11-15(3)13-16/h5-13H,4H2,1-3H3,(H,23,27)(H,24,26). The average Bonchev–Trinajstić information content (AvgIpc) is 2.68. The quantitative estimate of drug-likeness (QED) is 0.611. The van der Waals surface area contributed by atoms with Gasteiger partial charge < -0.3 is 15.4 Å². The van der Waals surface area contributed by atoms with Crippen LogP contribution in [-0.4, -0.2) is 28.7 Å². The lowest BCUT2D eigenvalue weighted by Gasteiger charge is -2.11. The SMILES string of the molecule is CCOC(=O)c1ccccc1Nc1ccc(C(=O)Nc2cc(C)cc(C)c2)nn1. The molecule has 0 aliphatic heterocycles. The molecule has 0 fully saturated rings. The first kappa shape index (κ1) is 20.0. The van der Waals surface area contributed by atoms with Crippen LogP contribution in [-0.2, 0) is 4.74 Å². The normalized spacial score (nSPS) is 10.3. The third-order valence-corrected chi connectivity index (χ3v) is 4.06. The van der Waals surface area contributed by atoms with Crippen LogP contribution in [0.5, 0.6) is 0 Å². The number of aromatic nitrogens is 2. The summed E-state index contributed by atoms with van der Waals surface area (Å²) < 4.78 is 5.06. The molecule has 7 heteroatoms. The van der Waals surface area contributed by atoms with Crippen LogP contribution < -0.4 is 10.6 Å². The van der Waals surface area contributed by atoms with Crippen LogP contribution in [0.25, 0.3) is 0 Å². The van der Waals surface area contributed by atoms with Crippen LogP contribution >= 0.6 is 0 Å². The van der Waals surface area contributed by atoms with Gasteiger partial charge in [0.2, 0.25) is 0 Å². The Kier molecular flexibility index (Phi) is 6.19. The van der Waals surface area contributed by atoms with Crippen LogP contribution in [0.15, 0.2) is 54.6 Å². The summed E-state index contributed by atoms with van der Waals surface area (Å²) in [6.45, 7) is 5.98. The predicted molar refractivity (Wildman–Crippen MR) is 112 cm³/mol. The van der Waals surface area contributed by atoms with Crippen molar-refractivity contribution in [2.45, 2.75) is 20.8 Å². The first-order valence-electron chi connectivity index (χ1n) is 9.23. The molecule has 1 aromatic heterocycles. The molecule has 0 spiro atoms. The van der Waals surface area contributed by atoms with Gasteiger partial charge in [0, 0.05) is 5.69 Å². The largest absolute Gasteiger partial charge is 0.462 e. The first-order valence-corrected chi connectivity index (χ1v) is 9.23. The Hall–Kier alpha value is -3.74. The fourth-order valence-corrected chi connectivity index (χ4v) is 2.88. The molecule has 0 bridgehead atoms. The number of amides is 1. The monoisotopic (exact) mass is 390 g/mol. The first-order chi connectivity index (χ1) is 14.0. The van der Waals surface area contributed by atoms with E-state index in [-0.39, 0.29) is 18.2 Å². The summed E-state index contributed by atoms with van der Waals surface area (Å²) >= 11 is 0. The van der Waals surface area contributed by atoms with E-state index in [2.05, 4.69) is 20.8 Å². The molecule has 0 saturated carbocycles. The topological polar surface area (TPSA) is 93.2 Å². The second kappa shape index (κ2) is 8.97. The lowest BCUT2D eigenvalue weighted by molar-refractivity contribution is 0.0527. The Morgan fingerprint density at radius 1 is 0.966 bits per heavy atom. The number of ether oxygens (including phenoxy) is 1. The molecule has 0 atom stereocenters. The van der Waals surface area contributed by atoms with Gasteiger partial charge in [-0.25, -0.2) is 4.79 Å². The van der Waals surface area contributed by atoms with E-state index in [1.807, 2.05) is 32.0 Å². The van der Waals surface area contributed by atoms with Gasteiger partial charge in [0.05, 0.1) is 17.9 Å². The van der Waals surface area contributed by atoms with E-state index in [0.717, 1.165) is 11.1 Å². The van der Waals surface area contributed by atoms with Gasteiger partial charge in [-0.05, 0) is 68.3 Å². The van der Waals surface area contributed by atoms with Crippen LogP contribution in [0.3, 0.4) is 0 Å². The van der Waals surface area contributed by atoms with Crippen molar-refractivity contribution in [2.24, 2.45) is 0 Å². The smallest absolute Gasteiger partial charge is 0.340 e. The molecule has 1 heterocycles. The molecule has 3 aromatic rings. The zero-order chi connectivity index (χ0) is 20.8. The van der Waals surface area contributed by atoms with Crippen molar-refractivity contribution in [3.63, 3.8) is 0 Å². The van der Waals surface area contributed by atoms with Gasteiger partial charge in [-0.15, -0.1) is 10.2 Å². The number of nitrogens with one attached hydrogen (secondary N) is 2. The van der Waals surface area contributed by atoms with Crippen molar-refractivity contribution < 1.29 is 14.3 Å². The highest BCUT2D eigenvalue weighted by atomic mass is 16.5. The molecule has 2 N–H and O–H groups in total. The molecular formula is C22H22N4O3. The molecule has 148 valence electrons. The maximum absolute atomic E-state index is 12.4. The average molecular weight is 390 g/mol. The van der Waals surface area contributed by atoms with E-state index in [4.69, 9.17) is 4.74 Å². The summed E-state index contributed by atoms with van der Waals surface area (Å²) in [5.41, 5.74) is 3.96. The fraction of sp³-hybridized carbons (Fsp3) is 0.182. The number of rotatable bonds is 6. The van der Waals surface area contributed by atoms with Crippen molar-refractivity contribution in [1.29, 1.82) is 0 Å². The highest BCUT2D eigenvalue weighted by molar-refractivity contribution is 6.03. The molecule has 0 unspecified atom stereocenters. The Labute approximate surface area is 169 Å². The summed E-state index contributed by atoms with van der Waals surface area (Å²) in [6.07, 6.45) is 0. The lowest BCUT2D eigenvalue weighted by atomic mass is 10.1. The molecular weight excluding hydrogens is 368 g/mol. The van der Waals surface area contributed by atoms with Gasteiger partial charge in [0.25, 0.3) is 5.91 Å². The van der Waals surface area contributed by atoms with E-state index < -0.39 is 5.97 Å². The summed E-state index contributed by atoms with van der Waals surface area (Å²) in [6, 6.07) is 16.0. The number of benzene rings is 2. The number of esters is 1. The molecule has 29 heavy (non-hydrogen) atoms. The van der Waals surface area contributed by atoms with Gasteiger partial charge in [-0.2, -0.15) is 0 Å². The van der Waals surface area contributed by atoms with Gasteiger partial charge in [0.15, 0.2) is 11.5 Å². The zero-order valence-corrected chi connectivity index (χ0v) is 16.5. The third-order valence-electron chi connectivity index (χ3n) is 4.06. The van der Waals surface area contributed by atoms with Crippen LogP contribution in [0.4, 0.5) is 17.2 Å². The fourth-order valence-electron chi connectivity index (χ4n) is 2.88. The predicted octanol–water partition coefficient (Wildman–Crippen LogP) is 4.27. The Bertz CT molecular complexity index is 1010. The number of hydrogen-bond donors (Lipinski definition) is 2. The van der Waals surface area contributed by atoms with Crippen molar-refractivity contribution in [1.82, 2.24) is 10.2 Å². The lowest BCUT2D eigenvalue weighted by Crippen LogP contribution is -2.15. The number of nitrogens with zero attached hydrogens (tertiary/aromatic N) is 2. The number of carbonyl (C=O) groups excluding carboxylic acids is 2. The number of hydrogen-bond acceptors (Lipinski definition) is 6. The minimum Gasteiger partial charge on any atom is -0.462 e. The van der Waals surface area contributed by atoms with Gasteiger partial charge in [-0.3, -0.25) is 4.79 Å². The number of aryl methyl sites for hydroxylation is 2. The van der Waals surface area contributed by atoms with Gasteiger partial charge in [-0.1, -0.05) is 18.2 Å². The van der Waals surface area contributed by atoms with Crippen LogP contribution in [0.1, 0.15) is 38.9 Å². The molecule has 0 radical (unpaired) electrons. The van der Waals surface area contributed by atoms with Crippen LogP contribution in [0, 0.1) is 13.8 Å². The number of para-hydroxylation sites is 1. The second-order valence-electron chi connectivity index (χ2n) is 6.53. The highest BCUT2D eigenvalue weighted by Crippen LogP contribution is 2.20. The summed E-state index contributed by atoms with van der Waals surface area (Å²) in [4.78, 5) is 24.5. The van der Waals surface area contributed by atoms with Gasteiger partial charge >= 0.3 is 5.97 Å². The zero-order valence-electron chi connectivity index (χ0n) is 16.5.